The van der Waals surface area contributed by atoms with Crippen molar-refractivity contribution in [2.75, 3.05) is 0 Å². The topological polar surface area (TPSA) is 37.4 Å². The van der Waals surface area contributed by atoms with Crippen LogP contribution in [-0.4, -0.2) is 16.7 Å². The number of hydrogen-bond donors (Lipinski definition) is 0. The summed E-state index contributed by atoms with van der Waals surface area (Å²) in [5.74, 6) is -0.684. The molecule has 0 unspecified atom stereocenters. The van der Waals surface area contributed by atoms with Crippen LogP contribution < -0.4 is 0 Å². The fraction of sp³-hybridized carbons (Fsp3) is 0.0909. The van der Waals surface area contributed by atoms with Crippen molar-refractivity contribution in [3.05, 3.63) is 47.7 Å². The smallest absolute Gasteiger partial charge is 0.265 e. The highest BCUT2D eigenvalue weighted by Gasteiger charge is 2.35. The average Bonchev–Trinajstić information content (AvgIpc) is 2.41. The third-order valence-corrected chi connectivity index (χ3v) is 2.15. The van der Waals surface area contributed by atoms with E-state index in [4.69, 9.17) is 6.58 Å². The average molecular weight is 186 g/mol. The second kappa shape index (κ2) is 2.80. The summed E-state index contributed by atoms with van der Waals surface area (Å²) in [5.41, 5.74) is 1.04. The number of fused-ring (bicyclic) bond motifs is 1. The molecule has 69 valence electrons. The van der Waals surface area contributed by atoms with Gasteiger partial charge in [0.15, 0.2) is 0 Å². The zero-order chi connectivity index (χ0) is 10.3. The molecular formula is C11H8NO2. The van der Waals surface area contributed by atoms with Crippen molar-refractivity contribution in [1.29, 1.82) is 0 Å². The summed E-state index contributed by atoms with van der Waals surface area (Å²) in [6.07, 6.45) is 0. The van der Waals surface area contributed by atoms with Crippen molar-refractivity contribution in [1.82, 2.24) is 4.90 Å². The molecule has 3 nitrogen and oxygen atoms in total. The van der Waals surface area contributed by atoms with Gasteiger partial charge in [-0.2, -0.15) is 0 Å². The summed E-state index contributed by atoms with van der Waals surface area (Å²) in [6.45, 7) is 6.99. The summed E-state index contributed by atoms with van der Waals surface area (Å²) in [6, 6.07) is 6.69. The minimum atomic E-state index is -0.342. The van der Waals surface area contributed by atoms with Crippen LogP contribution in [0.25, 0.3) is 0 Å². The van der Waals surface area contributed by atoms with Crippen LogP contribution in [0.1, 0.15) is 27.6 Å². The lowest BCUT2D eigenvalue weighted by Gasteiger charge is -2.11. The van der Waals surface area contributed by atoms with Crippen LogP contribution in [0.4, 0.5) is 0 Å². The lowest BCUT2D eigenvalue weighted by atomic mass is 10.1. The molecule has 0 N–H and O–H groups in total. The maximum Gasteiger partial charge on any atom is 0.265 e. The van der Waals surface area contributed by atoms with Crippen molar-refractivity contribution in [3.63, 3.8) is 0 Å². The van der Waals surface area contributed by atoms with Crippen LogP contribution in [0, 0.1) is 6.58 Å². The molecule has 0 saturated heterocycles. The predicted molar refractivity (Wildman–Crippen MR) is 50.4 cm³/mol. The van der Waals surface area contributed by atoms with Crippen LogP contribution in [0.3, 0.4) is 0 Å². The minimum Gasteiger partial charge on any atom is -0.268 e. The van der Waals surface area contributed by atoms with E-state index in [-0.39, 0.29) is 17.5 Å². The Balaban J connectivity index is 2.59. The minimum absolute atomic E-state index is 0.205. The first-order valence-corrected chi connectivity index (χ1v) is 4.20. The Hall–Kier alpha value is -1.90. The number of hydrogen-bond acceptors (Lipinski definition) is 2. The molecule has 1 aliphatic rings. The van der Waals surface area contributed by atoms with Gasteiger partial charge in [0.2, 0.25) is 0 Å². The lowest BCUT2D eigenvalue weighted by Crippen LogP contribution is -2.27. The summed E-state index contributed by atoms with van der Waals surface area (Å²) in [7, 11) is 0. The van der Waals surface area contributed by atoms with Gasteiger partial charge in [-0.1, -0.05) is 12.1 Å². The molecular weight excluding hydrogens is 178 g/mol. The number of carbonyl (C=O) groups is 2. The van der Waals surface area contributed by atoms with Gasteiger partial charge in [0.05, 0.1) is 11.1 Å². The van der Waals surface area contributed by atoms with E-state index in [1.165, 1.54) is 6.92 Å². The number of nitrogens with zero attached hydrogens (tertiary/aromatic N) is 1. The Kier molecular flexibility index (Phi) is 1.74. The monoisotopic (exact) mass is 186 g/mol. The highest BCUT2D eigenvalue weighted by Crippen LogP contribution is 2.24. The van der Waals surface area contributed by atoms with Gasteiger partial charge < -0.3 is 0 Å². The van der Waals surface area contributed by atoms with Gasteiger partial charge in [0.1, 0.15) is 0 Å². The number of allylic oxidation sites excluding steroid dienone is 1. The van der Waals surface area contributed by atoms with Crippen molar-refractivity contribution >= 4 is 11.8 Å². The van der Waals surface area contributed by atoms with Gasteiger partial charge in [0.25, 0.3) is 11.8 Å². The van der Waals surface area contributed by atoms with E-state index in [2.05, 4.69) is 0 Å². The van der Waals surface area contributed by atoms with E-state index in [9.17, 15) is 9.59 Å². The SMILES string of the molecule is [CH]=C(C)N1C(=O)c2ccccc2C1=O. The maximum absolute atomic E-state index is 11.7. The molecule has 2 rings (SSSR count). The molecule has 1 radical (unpaired) electrons. The molecule has 1 aromatic rings. The number of carbonyl (C=O) groups excluding carboxylic acids is 2. The van der Waals surface area contributed by atoms with Crippen LogP contribution in [0.15, 0.2) is 30.0 Å². The maximum atomic E-state index is 11.7. The Morgan fingerprint density at radius 3 is 1.93 bits per heavy atom. The van der Waals surface area contributed by atoms with E-state index in [1.807, 2.05) is 0 Å². The van der Waals surface area contributed by atoms with Crippen molar-refractivity contribution in [3.8, 4) is 0 Å². The number of imide groups is 1. The van der Waals surface area contributed by atoms with Gasteiger partial charge in [0, 0.05) is 5.70 Å². The van der Waals surface area contributed by atoms with Gasteiger partial charge in [-0.05, 0) is 25.6 Å². The highest BCUT2D eigenvalue weighted by atomic mass is 16.2. The van der Waals surface area contributed by atoms with Crippen molar-refractivity contribution in [2.24, 2.45) is 0 Å². The van der Waals surface area contributed by atoms with Crippen molar-refractivity contribution < 1.29 is 9.59 Å². The molecule has 1 aliphatic heterocycles. The summed E-state index contributed by atoms with van der Waals surface area (Å²) < 4.78 is 0. The Bertz CT molecular complexity index is 413. The first kappa shape index (κ1) is 8.69. The molecule has 2 amide bonds. The molecule has 3 heteroatoms. The fourth-order valence-electron chi connectivity index (χ4n) is 1.51. The first-order chi connectivity index (χ1) is 6.63. The molecule has 14 heavy (non-hydrogen) atoms. The van der Waals surface area contributed by atoms with E-state index >= 15 is 0 Å². The second-order valence-electron chi connectivity index (χ2n) is 3.13. The Labute approximate surface area is 81.6 Å². The lowest BCUT2D eigenvalue weighted by molar-refractivity contribution is 0.0705. The second-order valence-corrected chi connectivity index (χ2v) is 3.13. The quantitative estimate of drug-likeness (QED) is 0.625. The molecule has 0 bridgehead atoms. The third kappa shape index (κ3) is 0.988. The number of benzene rings is 1. The van der Waals surface area contributed by atoms with Gasteiger partial charge in [-0.25, -0.2) is 4.90 Å². The zero-order valence-electron chi connectivity index (χ0n) is 7.65. The zero-order valence-corrected chi connectivity index (χ0v) is 7.65. The van der Waals surface area contributed by atoms with E-state index in [0.29, 0.717) is 11.1 Å². The number of amides is 2. The van der Waals surface area contributed by atoms with Gasteiger partial charge >= 0.3 is 0 Å². The van der Waals surface area contributed by atoms with Crippen LogP contribution in [0.5, 0.6) is 0 Å². The predicted octanol–water partition coefficient (Wildman–Crippen LogP) is 1.62. The van der Waals surface area contributed by atoms with Gasteiger partial charge in [-0.15, -0.1) is 0 Å². The molecule has 0 saturated carbocycles. The molecule has 0 spiro atoms. The molecule has 1 heterocycles. The standard InChI is InChI=1S/C11H8NO2/c1-7(2)12-10(13)8-5-3-4-6-9(8)11(12)14/h1,3-6H,2H3. The summed E-state index contributed by atoms with van der Waals surface area (Å²) in [5, 5.41) is 0. The molecule has 0 fully saturated rings. The molecule has 0 atom stereocenters. The summed E-state index contributed by atoms with van der Waals surface area (Å²) in [4.78, 5) is 24.3. The van der Waals surface area contributed by atoms with Crippen LogP contribution in [0.2, 0.25) is 0 Å². The first-order valence-electron chi connectivity index (χ1n) is 4.20. The Morgan fingerprint density at radius 1 is 1.14 bits per heavy atom. The van der Waals surface area contributed by atoms with E-state index in [1.54, 1.807) is 24.3 Å². The van der Waals surface area contributed by atoms with Crippen LogP contribution >= 0.6 is 0 Å². The van der Waals surface area contributed by atoms with E-state index in [0.717, 1.165) is 4.90 Å². The molecule has 1 aromatic carbocycles. The molecule has 0 aromatic heterocycles. The van der Waals surface area contributed by atoms with Crippen LogP contribution in [-0.2, 0) is 0 Å². The molecule has 0 aliphatic carbocycles. The highest BCUT2D eigenvalue weighted by molar-refractivity contribution is 6.22. The van der Waals surface area contributed by atoms with E-state index < -0.39 is 0 Å². The third-order valence-electron chi connectivity index (χ3n) is 2.15. The van der Waals surface area contributed by atoms with Gasteiger partial charge in [-0.3, -0.25) is 9.59 Å². The Morgan fingerprint density at radius 2 is 1.57 bits per heavy atom. The van der Waals surface area contributed by atoms with Crippen molar-refractivity contribution in [2.45, 2.75) is 6.92 Å². The number of rotatable bonds is 1. The fourth-order valence-corrected chi connectivity index (χ4v) is 1.51. The largest absolute Gasteiger partial charge is 0.268 e. The summed E-state index contributed by atoms with van der Waals surface area (Å²) >= 11 is 0. The normalized spacial score (nSPS) is 14.5.